The van der Waals surface area contributed by atoms with Gasteiger partial charge in [0.25, 0.3) is 5.91 Å². The summed E-state index contributed by atoms with van der Waals surface area (Å²) in [5.74, 6) is -3.03. The van der Waals surface area contributed by atoms with E-state index in [4.69, 9.17) is 5.11 Å². The molecule has 138 valence electrons. The van der Waals surface area contributed by atoms with E-state index in [9.17, 15) is 18.4 Å². The number of aliphatic hydroxyl groups excluding tert-OH is 1. The maximum absolute atomic E-state index is 13.6. The van der Waals surface area contributed by atoms with E-state index >= 15 is 0 Å². The summed E-state index contributed by atoms with van der Waals surface area (Å²) < 4.78 is 27.2. The molecule has 0 saturated carbocycles. The van der Waals surface area contributed by atoms with Gasteiger partial charge in [-0.05, 0) is 43.7 Å². The third-order valence-corrected chi connectivity index (χ3v) is 3.64. The van der Waals surface area contributed by atoms with Gasteiger partial charge in [0, 0.05) is 5.69 Å². The SMILES string of the molecule is CC(C)(CO)NC(=O)Cc1ccc(NC(=O)c2c(F)cccc2F)cc1. The Hall–Kier alpha value is -2.80. The second-order valence-electron chi connectivity index (χ2n) is 6.51. The molecular weight excluding hydrogens is 342 g/mol. The standard InChI is InChI=1S/C19H20F2N2O3/c1-19(2,11-24)23-16(25)10-12-6-8-13(9-7-12)22-18(26)17-14(20)4-3-5-15(17)21/h3-9,24H,10-11H2,1-2H3,(H,22,26)(H,23,25). The summed E-state index contributed by atoms with van der Waals surface area (Å²) in [5, 5.41) is 14.3. The lowest BCUT2D eigenvalue weighted by molar-refractivity contribution is -0.122. The Labute approximate surface area is 150 Å². The van der Waals surface area contributed by atoms with Crippen molar-refractivity contribution in [2.45, 2.75) is 25.8 Å². The minimum Gasteiger partial charge on any atom is -0.394 e. The van der Waals surface area contributed by atoms with Gasteiger partial charge >= 0.3 is 0 Å². The number of halogens is 2. The Morgan fingerprint density at radius 2 is 1.62 bits per heavy atom. The van der Waals surface area contributed by atoms with E-state index < -0.39 is 28.6 Å². The summed E-state index contributed by atoms with van der Waals surface area (Å²) in [4.78, 5) is 24.0. The maximum Gasteiger partial charge on any atom is 0.261 e. The van der Waals surface area contributed by atoms with Crippen molar-refractivity contribution in [1.29, 1.82) is 0 Å². The molecule has 2 amide bonds. The molecule has 0 aliphatic heterocycles. The van der Waals surface area contributed by atoms with E-state index in [-0.39, 0.29) is 18.9 Å². The van der Waals surface area contributed by atoms with Gasteiger partial charge in [0.2, 0.25) is 5.91 Å². The van der Waals surface area contributed by atoms with E-state index in [0.717, 1.165) is 12.1 Å². The fourth-order valence-electron chi connectivity index (χ4n) is 2.26. The Morgan fingerprint density at radius 1 is 1.04 bits per heavy atom. The predicted molar refractivity (Wildman–Crippen MR) is 93.8 cm³/mol. The molecule has 7 heteroatoms. The van der Waals surface area contributed by atoms with Gasteiger partial charge in [-0.3, -0.25) is 9.59 Å². The summed E-state index contributed by atoms with van der Waals surface area (Å²) >= 11 is 0. The third-order valence-electron chi connectivity index (χ3n) is 3.64. The van der Waals surface area contributed by atoms with Crippen LogP contribution in [0.5, 0.6) is 0 Å². The number of amides is 2. The first-order valence-electron chi connectivity index (χ1n) is 7.98. The second-order valence-corrected chi connectivity index (χ2v) is 6.51. The molecule has 0 fully saturated rings. The summed E-state index contributed by atoms with van der Waals surface area (Å²) in [6, 6.07) is 9.52. The normalized spacial score (nSPS) is 11.1. The predicted octanol–water partition coefficient (Wildman–Crippen LogP) is 2.65. The van der Waals surface area contributed by atoms with Crippen LogP contribution in [0.3, 0.4) is 0 Å². The number of hydrogen-bond acceptors (Lipinski definition) is 3. The average molecular weight is 362 g/mol. The molecule has 0 radical (unpaired) electrons. The van der Waals surface area contributed by atoms with Crippen LogP contribution in [0.4, 0.5) is 14.5 Å². The Kier molecular flexibility index (Phi) is 6.05. The van der Waals surface area contributed by atoms with Crippen molar-refractivity contribution >= 4 is 17.5 Å². The fourth-order valence-corrected chi connectivity index (χ4v) is 2.26. The molecule has 0 aliphatic rings. The zero-order valence-electron chi connectivity index (χ0n) is 14.5. The molecule has 0 saturated heterocycles. The molecule has 2 rings (SSSR count). The monoisotopic (exact) mass is 362 g/mol. The fraction of sp³-hybridized carbons (Fsp3) is 0.263. The van der Waals surface area contributed by atoms with Gasteiger partial charge in [0.1, 0.15) is 17.2 Å². The summed E-state index contributed by atoms with van der Waals surface area (Å²) in [6.45, 7) is 3.22. The zero-order chi connectivity index (χ0) is 19.3. The first-order chi connectivity index (χ1) is 12.2. The van der Waals surface area contributed by atoms with Gasteiger partial charge in [-0.2, -0.15) is 0 Å². The molecule has 26 heavy (non-hydrogen) atoms. The molecule has 5 nitrogen and oxygen atoms in total. The van der Waals surface area contributed by atoms with Crippen molar-refractivity contribution in [3.8, 4) is 0 Å². The molecule has 0 aliphatic carbocycles. The van der Waals surface area contributed by atoms with Gasteiger partial charge in [0.15, 0.2) is 0 Å². The lowest BCUT2D eigenvalue weighted by Gasteiger charge is -2.23. The van der Waals surface area contributed by atoms with Crippen LogP contribution in [0.15, 0.2) is 42.5 Å². The van der Waals surface area contributed by atoms with Crippen LogP contribution >= 0.6 is 0 Å². The van der Waals surface area contributed by atoms with Crippen molar-refractivity contribution in [3.05, 3.63) is 65.2 Å². The Balaban J connectivity index is 2.01. The Bertz CT molecular complexity index is 785. The molecular formula is C19H20F2N2O3. The van der Waals surface area contributed by atoms with Gasteiger partial charge < -0.3 is 15.7 Å². The summed E-state index contributed by atoms with van der Waals surface area (Å²) in [5.41, 5.74) is -0.333. The molecule has 2 aromatic carbocycles. The largest absolute Gasteiger partial charge is 0.394 e. The number of hydrogen-bond donors (Lipinski definition) is 3. The first-order valence-corrected chi connectivity index (χ1v) is 7.98. The average Bonchev–Trinajstić information content (AvgIpc) is 2.56. The molecule has 0 unspecified atom stereocenters. The number of carbonyl (C=O) groups excluding carboxylic acids is 2. The van der Waals surface area contributed by atoms with E-state index in [0.29, 0.717) is 11.3 Å². The van der Waals surface area contributed by atoms with E-state index in [1.807, 2.05) is 0 Å². The van der Waals surface area contributed by atoms with Crippen LogP contribution in [0.1, 0.15) is 29.8 Å². The summed E-state index contributed by atoms with van der Waals surface area (Å²) in [6.07, 6.45) is 0.0968. The quantitative estimate of drug-likeness (QED) is 0.739. The van der Waals surface area contributed by atoms with Gasteiger partial charge in [0.05, 0.1) is 18.6 Å². The van der Waals surface area contributed by atoms with Crippen molar-refractivity contribution in [2.75, 3.05) is 11.9 Å². The molecule has 3 N–H and O–H groups in total. The third kappa shape index (κ3) is 5.10. The highest BCUT2D eigenvalue weighted by atomic mass is 19.1. The molecule has 0 spiro atoms. The van der Waals surface area contributed by atoms with Crippen LogP contribution in [0.2, 0.25) is 0 Å². The van der Waals surface area contributed by atoms with E-state index in [2.05, 4.69) is 10.6 Å². The van der Waals surface area contributed by atoms with E-state index in [1.165, 1.54) is 18.2 Å². The van der Waals surface area contributed by atoms with Crippen LogP contribution in [-0.2, 0) is 11.2 Å². The molecule has 2 aromatic rings. The lowest BCUT2D eigenvalue weighted by atomic mass is 10.1. The minimum absolute atomic E-state index is 0.0968. The van der Waals surface area contributed by atoms with Crippen LogP contribution in [-0.4, -0.2) is 29.1 Å². The summed E-state index contributed by atoms with van der Waals surface area (Å²) in [7, 11) is 0. The molecule has 0 heterocycles. The van der Waals surface area contributed by atoms with Crippen molar-refractivity contribution < 1.29 is 23.5 Å². The first kappa shape index (κ1) is 19.5. The highest BCUT2D eigenvalue weighted by molar-refractivity contribution is 6.04. The van der Waals surface area contributed by atoms with Gasteiger partial charge in [-0.25, -0.2) is 8.78 Å². The van der Waals surface area contributed by atoms with Crippen molar-refractivity contribution in [2.24, 2.45) is 0 Å². The van der Waals surface area contributed by atoms with E-state index in [1.54, 1.807) is 26.0 Å². The highest BCUT2D eigenvalue weighted by Crippen LogP contribution is 2.16. The van der Waals surface area contributed by atoms with Gasteiger partial charge in [-0.1, -0.05) is 18.2 Å². The zero-order valence-corrected chi connectivity index (χ0v) is 14.5. The highest BCUT2D eigenvalue weighted by Gasteiger charge is 2.19. The number of nitrogens with one attached hydrogen (secondary N) is 2. The topological polar surface area (TPSA) is 78.4 Å². The van der Waals surface area contributed by atoms with Gasteiger partial charge in [-0.15, -0.1) is 0 Å². The van der Waals surface area contributed by atoms with Crippen LogP contribution in [0, 0.1) is 11.6 Å². The number of carbonyl (C=O) groups is 2. The maximum atomic E-state index is 13.6. The smallest absolute Gasteiger partial charge is 0.261 e. The Morgan fingerprint density at radius 3 is 2.15 bits per heavy atom. The lowest BCUT2D eigenvalue weighted by Crippen LogP contribution is -2.46. The minimum atomic E-state index is -0.942. The van der Waals surface area contributed by atoms with Crippen molar-refractivity contribution in [3.63, 3.8) is 0 Å². The molecule has 0 aromatic heterocycles. The number of rotatable bonds is 6. The number of aliphatic hydroxyl groups is 1. The number of anilines is 1. The number of benzene rings is 2. The van der Waals surface area contributed by atoms with Crippen LogP contribution < -0.4 is 10.6 Å². The molecule has 0 atom stereocenters. The molecule has 0 bridgehead atoms. The van der Waals surface area contributed by atoms with Crippen LogP contribution in [0.25, 0.3) is 0 Å². The van der Waals surface area contributed by atoms with Crippen molar-refractivity contribution in [1.82, 2.24) is 5.32 Å². The second kappa shape index (κ2) is 8.05.